The van der Waals surface area contributed by atoms with Gasteiger partial charge in [-0.3, -0.25) is 9.69 Å². The van der Waals surface area contributed by atoms with E-state index in [1.165, 1.54) is 4.90 Å². The van der Waals surface area contributed by atoms with Gasteiger partial charge >= 0.3 is 6.09 Å². The molecule has 0 spiro atoms. The van der Waals surface area contributed by atoms with Crippen LogP contribution in [0.15, 0.2) is 4.52 Å². The molecule has 2 saturated heterocycles. The van der Waals surface area contributed by atoms with E-state index >= 15 is 0 Å². The van der Waals surface area contributed by atoms with E-state index in [0.717, 1.165) is 44.5 Å². The summed E-state index contributed by atoms with van der Waals surface area (Å²) in [6.07, 6.45) is 4.65. The van der Waals surface area contributed by atoms with Crippen molar-refractivity contribution in [1.82, 2.24) is 19.9 Å². The maximum absolute atomic E-state index is 12.4. The quantitative estimate of drug-likeness (QED) is 0.803. The Morgan fingerprint density at radius 2 is 2.12 bits per heavy atom. The molecule has 8 heteroatoms. The Balaban J connectivity index is 1.31. The zero-order chi connectivity index (χ0) is 16.5. The van der Waals surface area contributed by atoms with Gasteiger partial charge in [0.1, 0.15) is 13.2 Å². The molecule has 1 atom stereocenters. The van der Waals surface area contributed by atoms with Crippen molar-refractivity contribution in [3.8, 4) is 0 Å². The lowest BCUT2D eigenvalue weighted by molar-refractivity contribution is -0.133. The molecular formula is C16H22N4O4. The molecule has 1 unspecified atom stereocenters. The summed E-state index contributed by atoms with van der Waals surface area (Å²) in [6.45, 7) is 2.40. The van der Waals surface area contributed by atoms with Gasteiger partial charge in [-0.2, -0.15) is 4.98 Å². The van der Waals surface area contributed by atoms with Crippen LogP contribution < -0.4 is 0 Å². The van der Waals surface area contributed by atoms with E-state index in [1.54, 1.807) is 0 Å². The molecule has 3 heterocycles. The number of ether oxygens (including phenoxy) is 1. The molecule has 3 aliphatic rings. The van der Waals surface area contributed by atoms with Crippen molar-refractivity contribution in [3.63, 3.8) is 0 Å². The third-order valence-electron chi connectivity index (χ3n) is 4.93. The number of carbonyl (C=O) groups is 2. The van der Waals surface area contributed by atoms with Crippen LogP contribution >= 0.6 is 0 Å². The molecule has 2 aliphatic heterocycles. The first-order valence-corrected chi connectivity index (χ1v) is 8.71. The van der Waals surface area contributed by atoms with E-state index in [4.69, 9.17) is 9.26 Å². The van der Waals surface area contributed by atoms with Crippen molar-refractivity contribution in [2.24, 2.45) is 5.92 Å². The molecule has 24 heavy (non-hydrogen) atoms. The average molecular weight is 334 g/mol. The van der Waals surface area contributed by atoms with Crippen molar-refractivity contribution in [3.05, 3.63) is 11.7 Å². The first-order valence-electron chi connectivity index (χ1n) is 8.71. The summed E-state index contributed by atoms with van der Waals surface area (Å²) in [5.41, 5.74) is 0. The number of likely N-dealkylation sites (tertiary alicyclic amines) is 1. The van der Waals surface area contributed by atoms with Gasteiger partial charge in [-0.1, -0.05) is 5.16 Å². The minimum absolute atomic E-state index is 0.0113. The predicted octanol–water partition coefficient (Wildman–Crippen LogP) is 1.18. The molecule has 1 saturated carbocycles. The fourth-order valence-electron chi connectivity index (χ4n) is 3.40. The second-order valence-electron chi connectivity index (χ2n) is 6.91. The van der Waals surface area contributed by atoms with E-state index in [1.807, 2.05) is 4.90 Å². The Bertz CT molecular complexity index is 627. The van der Waals surface area contributed by atoms with Crippen LogP contribution in [-0.2, 0) is 16.0 Å². The number of aromatic nitrogens is 2. The van der Waals surface area contributed by atoms with Gasteiger partial charge in [0.05, 0.1) is 6.54 Å². The molecule has 0 bridgehead atoms. The second-order valence-corrected chi connectivity index (χ2v) is 6.91. The second kappa shape index (κ2) is 6.41. The van der Waals surface area contributed by atoms with Gasteiger partial charge in [0.15, 0.2) is 5.82 Å². The Labute approximate surface area is 140 Å². The van der Waals surface area contributed by atoms with Crippen LogP contribution in [0.25, 0.3) is 0 Å². The van der Waals surface area contributed by atoms with Crippen LogP contribution in [0.1, 0.15) is 43.3 Å². The fraction of sp³-hybridized carbons (Fsp3) is 0.750. The van der Waals surface area contributed by atoms with Crippen molar-refractivity contribution in [1.29, 1.82) is 0 Å². The molecule has 0 aromatic carbocycles. The highest BCUT2D eigenvalue weighted by Crippen LogP contribution is 2.38. The van der Waals surface area contributed by atoms with Crippen molar-refractivity contribution < 1.29 is 18.8 Å². The van der Waals surface area contributed by atoms with Gasteiger partial charge in [-0.15, -0.1) is 0 Å². The van der Waals surface area contributed by atoms with Gasteiger partial charge in [-0.25, -0.2) is 4.79 Å². The maximum Gasteiger partial charge on any atom is 0.410 e. The minimum Gasteiger partial charge on any atom is -0.448 e. The lowest BCUT2D eigenvalue weighted by Crippen LogP contribution is -2.45. The fourth-order valence-corrected chi connectivity index (χ4v) is 3.40. The van der Waals surface area contributed by atoms with Gasteiger partial charge in [-0.05, 0) is 31.6 Å². The van der Waals surface area contributed by atoms with Gasteiger partial charge < -0.3 is 14.2 Å². The molecule has 2 amide bonds. The number of amides is 2. The predicted molar refractivity (Wildman–Crippen MR) is 82.2 cm³/mol. The number of cyclic esters (lactones) is 1. The molecule has 4 rings (SSSR count). The van der Waals surface area contributed by atoms with E-state index in [2.05, 4.69) is 10.1 Å². The number of hydrogen-bond acceptors (Lipinski definition) is 6. The van der Waals surface area contributed by atoms with E-state index in [-0.39, 0.29) is 12.5 Å². The van der Waals surface area contributed by atoms with Gasteiger partial charge in [0, 0.05) is 25.4 Å². The molecular weight excluding hydrogens is 312 g/mol. The zero-order valence-corrected chi connectivity index (χ0v) is 13.6. The van der Waals surface area contributed by atoms with Crippen LogP contribution in [0.3, 0.4) is 0 Å². The maximum atomic E-state index is 12.4. The Morgan fingerprint density at radius 1 is 1.25 bits per heavy atom. The summed E-state index contributed by atoms with van der Waals surface area (Å²) in [4.78, 5) is 31.7. The highest BCUT2D eigenvalue weighted by molar-refractivity contribution is 5.83. The summed E-state index contributed by atoms with van der Waals surface area (Å²) in [6, 6.07) is 0. The van der Waals surface area contributed by atoms with Crippen LogP contribution in [0.2, 0.25) is 0 Å². The molecule has 0 N–H and O–H groups in total. The Kier molecular flexibility index (Phi) is 4.12. The van der Waals surface area contributed by atoms with Crippen molar-refractivity contribution >= 4 is 12.0 Å². The van der Waals surface area contributed by atoms with Crippen molar-refractivity contribution in [2.45, 2.75) is 38.0 Å². The smallest absolute Gasteiger partial charge is 0.410 e. The van der Waals surface area contributed by atoms with E-state index in [9.17, 15) is 9.59 Å². The first-order chi connectivity index (χ1) is 11.7. The van der Waals surface area contributed by atoms with E-state index in [0.29, 0.717) is 37.4 Å². The summed E-state index contributed by atoms with van der Waals surface area (Å²) < 4.78 is 10.2. The van der Waals surface area contributed by atoms with Gasteiger partial charge in [0.2, 0.25) is 11.8 Å². The minimum atomic E-state index is -0.393. The molecule has 1 aromatic heterocycles. The highest BCUT2D eigenvalue weighted by atomic mass is 16.6. The lowest BCUT2D eigenvalue weighted by atomic mass is 9.94. The third kappa shape index (κ3) is 3.37. The lowest BCUT2D eigenvalue weighted by Gasteiger charge is -2.33. The first kappa shape index (κ1) is 15.4. The largest absolute Gasteiger partial charge is 0.448 e. The molecule has 130 valence electrons. The summed E-state index contributed by atoms with van der Waals surface area (Å²) >= 11 is 0. The third-order valence-corrected chi connectivity index (χ3v) is 4.93. The molecule has 1 aliphatic carbocycles. The topological polar surface area (TPSA) is 88.8 Å². The number of carbonyl (C=O) groups excluding carboxylic acids is 2. The highest BCUT2D eigenvalue weighted by Gasteiger charge is 2.31. The standard InChI is InChI=1S/C16H22N4O4/c21-14(10-20-6-7-23-16(20)22)19-5-1-2-11(9-19)8-13-17-15(18-24-13)12-3-4-12/h11-12H,1-10H2. The summed E-state index contributed by atoms with van der Waals surface area (Å²) in [7, 11) is 0. The average Bonchev–Trinajstić information content (AvgIpc) is 3.21. The molecule has 3 fully saturated rings. The number of hydrogen-bond donors (Lipinski definition) is 0. The Hall–Kier alpha value is -2.12. The van der Waals surface area contributed by atoms with Crippen molar-refractivity contribution in [2.75, 3.05) is 32.8 Å². The summed E-state index contributed by atoms with van der Waals surface area (Å²) in [5.74, 6) is 2.33. The van der Waals surface area contributed by atoms with E-state index < -0.39 is 6.09 Å². The van der Waals surface area contributed by atoms with Crippen LogP contribution in [0.4, 0.5) is 4.79 Å². The summed E-state index contributed by atoms with van der Waals surface area (Å²) in [5, 5.41) is 4.05. The zero-order valence-electron chi connectivity index (χ0n) is 13.6. The monoisotopic (exact) mass is 334 g/mol. The normalized spacial score (nSPS) is 24.3. The number of rotatable bonds is 5. The molecule has 8 nitrogen and oxygen atoms in total. The Morgan fingerprint density at radius 3 is 2.88 bits per heavy atom. The molecule has 1 aromatic rings. The van der Waals surface area contributed by atoms with Crippen LogP contribution in [0.5, 0.6) is 0 Å². The van der Waals surface area contributed by atoms with Gasteiger partial charge in [0.25, 0.3) is 0 Å². The SMILES string of the molecule is O=C(CN1CCOC1=O)N1CCCC(Cc2nc(C3CC3)no2)C1. The van der Waals surface area contributed by atoms with Crippen LogP contribution in [0, 0.1) is 5.92 Å². The number of piperidine rings is 1. The van der Waals surface area contributed by atoms with Crippen LogP contribution in [-0.4, -0.2) is 64.7 Å². The molecule has 0 radical (unpaired) electrons. The number of nitrogens with zero attached hydrogens (tertiary/aromatic N) is 4.